The third-order valence-electron chi connectivity index (χ3n) is 2.42. The second kappa shape index (κ2) is 6.41. The summed E-state index contributed by atoms with van der Waals surface area (Å²) in [6.07, 6.45) is 0. The second-order valence-electron chi connectivity index (χ2n) is 3.93. The van der Waals surface area contributed by atoms with Crippen molar-refractivity contribution >= 4 is 34.6 Å². The van der Waals surface area contributed by atoms with Gasteiger partial charge >= 0.3 is 0 Å². The van der Waals surface area contributed by atoms with Crippen LogP contribution in [-0.2, 0) is 6.61 Å². The minimum Gasteiger partial charge on any atom is -0.489 e. The topological polar surface area (TPSA) is 47.3 Å². The maximum absolute atomic E-state index is 5.91. The Morgan fingerprint density at radius 2 is 1.95 bits per heavy atom. The molecule has 2 aromatic carbocycles. The van der Waals surface area contributed by atoms with Crippen LogP contribution in [0.25, 0.3) is 0 Å². The molecule has 3 N–H and O–H groups in total. The average Bonchev–Trinajstić information content (AvgIpc) is 2.37. The van der Waals surface area contributed by atoms with Crippen LogP contribution in [0.2, 0.25) is 5.02 Å². The zero-order valence-electron chi connectivity index (χ0n) is 10.1. The molecule has 0 radical (unpaired) electrons. The van der Waals surface area contributed by atoms with Crippen LogP contribution in [0.5, 0.6) is 5.75 Å². The van der Waals surface area contributed by atoms with Crippen LogP contribution in [0.15, 0.2) is 48.5 Å². The molecule has 0 saturated heterocycles. The molecule has 0 bridgehead atoms. The summed E-state index contributed by atoms with van der Waals surface area (Å²) in [4.78, 5) is 0. The van der Waals surface area contributed by atoms with Gasteiger partial charge in [-0.15, -0.1) is 0 Å². The van der Waals surface area contributed by atoms with Gasteiger partial charge in [0.1, 0.15) is 12.4 Å². The monoisotopic (exact) mass is 292 g/mol. The Kier molecular flexibility index (Phi) is 4.60. The lowest BCUT2D eigenvalue weighted by Crippen LogP contribution is -2.18. The molecular weight excluding hydrogens is 280 g/mol. The fraction of sp³-hybridized carbons (Fsp3) is 0.0714. The fourth-order valence-corrected chi connectivity index (χ4v) is 1.90. The number of ether oxygens (including phenoxy) is 1. The van der Waals surface area contributed by atoms with Gasteiger partial charge in [0.25, 0.3) is 0 Å². The first-order valence-electron chi connectivity index (χ1n) is 5.67. The van der Waals surface area contributed by atoms with Gasteiger partial charge in [0.2, 0.25) is 0 Å². The largest absolute Gasteiger partial charge is 0.489 e. The van der Waals surface area contributed by atoms with Crippen molar-refractivity contribution in [3.8, 4) is 5.75 Å². The van der Waals surface area contributed by atoms with Crippen molar-refractivity contribution in [3.63, 3.8) is 0 Å². The summed E-state index contributed by atoms with van der Waals surface area (Å²) >= 11 is 10.7. The maximum atomic E-state index is 5.91. The highest BCUT2D eigenvalue weighted by atomic mass is 35.5. The Morgan fingerprint density at radius 1 is 1.21 bits per heavy atom. The molecule has 3 nitrogen and oxygen atoms in total. The Labute approximate surface area is 122 Å². The van der Waals surface area contributed by atoms with Crippen LogP contribution >= 0.6 is 23.8 Å². The third kappa shape index (κ3) is 4.43. The lowest BCUT2D eigenvalue weighted by atomic mass is 10.2. The summed E-state index contributed by atoms with van der Waals surface area (Å²) in [7, 11) is 0. The van der Waals surface area contributed by atoms with Crippen molar-refractivity contribution in [2.75, 3.05) is 5.32 Å². The van der Waals surface area contributed by atoms with E-state index in [-0.39, 0.29) is 5.11 Å². The lowest BCUT2D eigenvalue weighted by molar-refractivity contribution is 0.306. The van der Waals surface area contributed by atoms with E-state index in [0.717, 1.165) is 17.0 Å². The molecule has 0 aliphatic carbocycles. The van der Waals surface area contributed by atoms with Crippen molar-refractivity contribution in [2.45, 2.75) is 6.61 Å². The van der Waals surface area contributed by atoms with Crippen LogP contribution in [0.3, 0.4) is 0 Å². The number of anilines is 1. The number of halogens is 1. The molecular formula is C14H13ClN2OS. The van der Waals surface area contributed by atoms with Gasteiger partial charge in [0.15, 0.2) is 5.11 Å². The summed E-state index contributed by atoms with van der Waals surface area (Å²) in [6.45, 7) is 0.475. The highest BCUT2D eigenvalue weighted by Crippen LogP contribution is 2.18. The first-order chi connectivity index (χ1) is 9.13. The fourth-order valence-electron chi connectivity index (χ4n) is 1.57. The smallest absolute Gasteiger partial charge is 0.168 e. The van der Waals surface area contributed by atoms with E-state index < -0.39 is 0 Å². The average molecular weight is 293 g/mol. The van der Waals surface area contributed by atoms with Crippen molar-refractivity contribution < 1.29 is 4.74 Å². The molecule has 0 atom stereocenters. The highest BCUT2D eigenvalue weighted by Gasteiger charge is 1.98. The first-order valence-corrected chi connectivity index (χ1v) is 6.46. The van der Waals surface area contributed by atoms with Crippen LogP contribution in [-0.4, -0.2) is 5.11 Å². The van der Waals surface area contributed by atoms with E-state index in [4.69, 9.17) is 34.3 Å². The number of thiocarbonyl (C=S) groups is 1. The molecule has 0 aliphatic heterocycles. The predicted molar refractivity (Wildman–Crippen MR) is 82.6 cm³/mol. The van der Waals surface area contributed by atoms with E-state index in [1.807, 2.05) is 48.5 Å². The molecule has 0 aliphatic rings. The third-order valence-corrected chi connectivity index (χ3v) is 2.75. The van der Waals surface area contributed by atoms with E-state index in [1.165, 1.54) is 0 Å². The zero-order chi connectivity index (χ0) is 13.7. The predicted octanol–water partition coefficient (Wildman–Crippen LogP) is 3.57. The van der Waals surface area contributed by atoms with Crippen molar-refractivity contribution in [1.82, 2.24) is 0 Å². The summed E-state index contributed by atoms with van der Waals surface area (Å²) in [5, 5.41) is 3.80. The van der Waals surface area contributed by atoms with Gasteiger partial charge in [0, 0.05) is 10.7 Å². The molecule has 2 aromatic rings. The Hall–Kier alpha value is -1.78. The number of benzene rings is 2. The van der Waals surface area contributed by atoms with E-state index in [9.17, 15) is 0 Å². The van der Waals surface area contributed by atoms with E-state index >= 15 is 0 Å². The van der Waals surface area contributed by atoms with E-state index in [0.29, 0.717) is 11.6 Å². The van der Waals surface area contributed by atoms with Gasteiger partial charge < -0.3 is 15.8 Å². The molecule has 0 amide bonds. The lowest BCUT2D eigenvalue weighted by Gasteiger charge is -2.08. The van der Waals surface area contributed by atoms with Crippen LogP contribution < -0.4 is 15.8 Å². The van der Waals surface area contributed by atoms with Gasteiger partial charge in [-0.1, -0.05) is 23.7 Å². The number of rotatable bonds is 4. The van der Waals surface area contributed by atoms with Crippen LogP contribution in [0.4, 0.5) is 5.69 Å². The zero-order valence-corrected chi connectivity index (χ0v) is 11.7. The standard InChI is InChI=1S/C14H13ClN2OS/c15-11-3-1-2-10(8-11)9-18-13-6-4-12(5-7-13)17-14(16)19/h1-8H,9H2,(H3,16,17,19). The molecule has 98 valence electrons. The molecule has 5 heteroatoms. The Morgan fingerprint density at radius 3 is 2.58 bits per heavy atom. The van der Waals surface area contributed by atoms with Crippen molar-refractivity contribution in [3.05, 3.63) is 59.1 Å². The maximum Gasteiger partial charge on any atom is 0.168 e. The minimum absolute atomic E-state index is 0.243. The van der Waals surface area contributed by atoms with Crippen molar-refractivity contribution in [2.24, 2.45) is 5.73 Å². The van der Waals surface area contributed by atoms with Gasteiger partial charge in [-0.2, -0.15) is 0 Å². The normalized spacial score (nSPS) is 9.95. The van der Waals surface area contributed by atoms with E-state index in [2.05, 4.69) is 5.32 Å². The minimum atomic E-state index is 0.243. The molecule has 0 fully saturated rings. The molecule has 19 heavy (non-hydrogen) atoms. The summed E-state index contributed by atoms with van der Waals surface area (Å²) in [6, 6.07) is 15.0. The van der Waals surface area contributed by atoms with Gasteiger partial charge in [-0.25, -0.2) is 0 Å². The molecule has 0 spiro atoms. The highest BCUT2D eigenvalue weighted by molar-refractivity contribution is 7.80. The number of nitrogens with one attached hydrogen (secondary N) is 1. The number of hydrogen-bond acceptors (Lipinski definition) is 2. The Bertz CT molecular complexity index is 572. The van der Waals surface area contributed by atoms with Gasteiger partial charge in [-0.05, 0) is 54.2 Å². The van der Waals surface area contributed by atoms with Crippen LogP contribution in [0, 0.1) is 0 Å². The first kappa shape index (κ1) is 13.6. The molecule has 0 unspecified atom stereocenters. The van der Waals surface area contributed by atoms with Gasteiger partial charge in [0.05, 0.1) is 0 Å². The van der Waals surface area contributed by atoms with Crippen LogP contribution in [0.1, 0.15) is 5.56 Å². The molecule has 0 aromatic heterocycles. The van der Waals surface area contributed by atoms with E-state index in [1.54, 1.807) is 0 Å². The quantitative estimate of drug-likeness (QED) is 0.846. The second-order valence-corrected chi connectivity index (χ2v) is 4.81. The summed E-state index contributed by atoms with van der Waals surface area (Å²) in [5.74, 6) is 0.772. The SMILES string of the molecule is NC(=S)Nc1ccc(OCc2cccc(Cl)c2)cc1. The van der Waals surface area contributed by atoms with Gasteiger partial charge in [-0.3, -0.25) is 0 Å². The molecule has 0 saturated carbocycles. The van der Waals surface area contributed by atoms with Crippen molar-refractivity contribution in [1.29, 1.82) is 0 Å². The molecule has 0 heterocycles. The number of hydrogen-bond donors (Lipinski definition) is 2. The Balaban J connectivity index is 1.94. The summed E-state index contributed by atoms with van der Waals surface area (Å²) in [5.41, 5.74) is 7.25. The number of nitrogens with two attached hydrogens (primary N) is 1. The molecule has 2 rings (SSSR count). The summed E-state index contributed by atoms with van der Waals surface area (Å²) < 4.78 is 5.66.